The molecule has 0 N–H and O–H groups in total. The highest BCUT2D eigenvalue weighted by Crippen LogP contribution is 2.20. The average Bonchev–Trinajstić information content (AvgIpc) is 2.42. The molecule has 18 heavy (non-hydrogen) atoms. The van der Waals surface area contributed by atoms with Gasteiger partial charge in [0.2, 0.25) is 0 Å². The molecule has 1 aromatic heterocycles. The molecule has 4 heteroatoms. The second-order valence-electron chi connectivity index (χ2n) is 3.72. The number of Topliss-reactive ketones (excluding diaryl/α,β-unsaturated/α-hetero) is 1. The summed E-state index contributed by atoms with van der Waals surface area (Å²) in [7, 11) is 0. The number of carbonyl (C=O) groups excluding carboxylic acids is 1. The zero-order chi connectivity index (χ0) is 13.0. The lowest BCUT2D eigenvalue weighted by Gasteiger charge is -2.08. The number of nitrogens with zero attached hydrogens (tertiary/aromatic N) is 2. The van der Waals surface area contributed by atoms with Gasteiger partial charge in [0.15, 0.2) is 5.78 Å². The molecular weight excluding hydrogens is 231 g/mol. The molecule has 2 rings (SSSR count). The van der Waals surface area contributed by atoms with Crippen LogP contribution in [0, 0.1) is 17.1 Å². The van der Waals surface area contributed by atoms with Crippen LogP contribution in [0.25, 0.3) is 0 Å². The Hall–Kier alpha value is -2.54. The van der Waals surface area contributed by atoms with Crippen molar-refractivity contribution in [3.05, 3.63) is 65.7 Å². The third-order valence-electron chi connectivity index (χ3n) is 2.54. The third kappa shape index (κ3) is 2.41. The number of nitriles is 1. The molecule has 0 aliphatic carbocycles. The second-order valence-corrected chi connectivity index (χ2v) is 3.72. The number of aromatic nitrogens is 1. The van der Waals surface area contributed by atoms with Crippen LogP contribution in [0.2, 0.25) is 0 Å². The average molecular weight is 240 g/mol. The highest BCUT2D eigenvalue weighted by molar-refractivity contribution is 6.02. The molecule has 88 valence electrons. The molecule has 1 aromatic carbocycles. The van der Waals surface area contributed by atoms with E-state index in [1.807, 2.05) is 6.07 Å². The summed E-state index contributed by atoms with van der Waals surface area (Å²) in [6.07, 6.45) is 2.96. The normalized spacial score (nSPS) is 11.6. The van der Waals surface area contributed by atoms with E-state index < -0.39 is 11.7 Å². The van der Waals surface area contributed by atoms with E-state index in [-0.39, 0.29) is 5.78 Å². The first-order valence-electron chi connectivity index (χ1n) is 5.31. The van der Waals surface area contributed by atoms with E-state index in [1.165, 1.54) is 30.5 Å². The maximum absolute atomic E-state index is 12.8. The minimum Gasteiger partial charge on any atom is -0.292 e. The lowest BCUT2D eigenvalue weighted by atomic mass is 9.92. The molecule has 0 amide bonds. The SMILES string of the molecule is N#C[C@@H](C(=O)c1cccnc1)c1ccc(F)cc1. The molecule has 1 heterocycles. The highest BCUT2D eigenvalue weighted by Gasteiger charge is 2.21. The Labute approximate surface area is 104 Å². The van der Waals surface area contributed by atoms with Crippen LogP contribution in [0.15, 0.2) is 48.8 Å². The van der Waals surface area contributed by atoms with Gasteiger partial charge in [-0.2, -0.15) is 5.26 Å². The summed E-state index contributed by atoms with van der Waals surface area (Å²) in [6, 6.07) is 10.5. The zero-order valence-corrected chi connectivity index (χ0v) is 9.38. The van der Waals surface area contributed by atoms with Gasteiger partial charge >= 0.3 is 0 Å². The van der Waals surface area contributed by atoms with Crippen molar-refractivity contribution in [2.45, 2.75) is 5.92 Å². The summed E-state index contributed by atoms with van der Waals surface area (Å²) in [6.45, 7) is 0. The van der Waals surface area contributed by atoms with Gasteiger partial charge in [-0.3, -0.25) is 9.78 Å². The molecule has 0 saturated heterocycles. The smallest absolute Gasteiger partial charge is 0.185 e. The summed E-state index contributed by atoms with van der Waals surface area (Å²) < 4.78 is 12.8. The molecule has 1 atom stereocenters. The van der Waals surface area contributed by atoms with E-state index in [9.17, 15) is 9.18 Å². The van der Waals surface area contributed by atoms with E-state index in [4.69, 9.17) is 5.26 Å². The van der Waals surface area contributed by atoms with Crippen LogP contribution in [-0.4, -0.2) is 10.8 Å². The van der Waals surface area contributed by atoms with E-state index in [2.05, 4.69) is 4.98 Å². The molecule has 0 aliphatic heterocycles. The van der Waals surface area contributed by atoms with E-state index in [0.717, 1.165) is 0 Å². The maximum Gasteiger partial charge on any atom is 0.185 e. The van der Waals surface area contributed by atoms with Crippen LogP contribution >= 0.6 is 0 Å². The van der Waals surface area contributed by atoms with Gasteiger partial charge in [0.05, 0.1) is 6.07 Å². The number of pyridine rings is 1. The highest BCUT2D eigenvalue weighted by atomic mass is 19.1. The van der Waals surface area contributed by atoms with Crippen LogP contribution in [0.1, 0.15) is 21.8 Å². The lowest BCUT2D eigenvalue weighted by molar-refractivity contribution is 0.0978. The van der Waals surface area contributed by atoms with E-state index in [1.54, 1.807) is 18.3 Å². The minimum absolute atomic E-state index is 0.336. The minimum atomic E-state index is -0.935. The molecule has 0 bridgehead atoms. The fraction of sp³-hybridized carbons (Fsp3) is 0.0714. The summed E-state index contributed by atoms with van der Waals surface area (Å²) in [5.74, 6) is -1.67. The van der Waals surface area contributed by atoms with Crippen molar-refractivity contribution in [1.29, 1.82) is 5.26 Å². The van der Waals surface area contributed by atoms with Crippen molar-refractivity contribution in [3.63, 3.8) is 0 Å². The number of rotatable bonds is 3. The molecule has 0 fully saturated rings. The van der Waals surface area contributed by atoms with E-state index in [0.29, 0.717) is 11.1 Å². The van der Waals surface area contributed by atoms with Gasteiger partial charge in [0.1, 0.15) is 11.7 Å². The first kappa shape index (κ1) is 11.9. The van der Waals surface area contributed by atoms with Crippen molar-refractivity contribution >= 4 is 5.78 Å². The Kier molecular flexibility index (Phi) is 3.44. The van der Waals surface area contributed by atoms with E-state index >= 15 is 0 Å². The lowest BCUT2D eigenvalue weighted by Crippen LogP contribution is -2.11. The number of carbonyl (C=O) groups is 1. The van der Waals surface area contributed by atoms with Crippen molar-refractivity contribution in [2.24, 2.45) is 0 Å². The molecule has 0 spiro atoms. The van der Waals surface area contributed by atoms with Gasteiger partial charge in [-0.15, -0.1) is 0 Å². The molecule has 0 unspecified atom stereocenters. The fourth-order valence-corrected chi connectivity index (χ4v) is 1.61. The fourth-order valence-electron chi connectivity index (χ4n) is 1.61. The van der Waals surface area contributed by atoms with Gasteiger partial charge in [0, 0.05) is 18.0 Å². The zero-order valence-electron chi connectivity index (χ0n) is 9.38. The van der Waals surface area contributed by atoms with Gasteiger partial charge in [-0.05, 0) is 29.8 Å². The Morgan fingerprint density at radius 1 is 1.28 bits per heavy atom. The van der Waals surface area contributed by atoms with Gasteiger partial charge < -0.3 is 0 Å². The number of benzene rings is 1. The van der Waals surface area contributed by atoms with Crippen LogP contribution < -0.4 is 0 Å². The van der Waals surface area contributed by atoms with Crippen molar-refractivity contribution < 1.29 is 9.18 Å². The largest absolute Gasteiger partial charge is 0.292 e. The quantitative estimate of drug-likeness (QED) is 0.775. The number of hydrogen-bond acceptors (Lipinski definition) is 3. The second kappa shape index (κ2) is 5.19. The van der Waals surface area contributed by atoms with Gasteiger partial charge in [-0.25, -0.2) is 4.39 Å². The summed E-state index contributed by atoms with van der Waals surface area (Å²) in [5.41, 5.74) is 0.848. The molecule has 0 aliphatic rings. The Morgan fingerprint density at radius 2 is 2.00 bits per heavy atom. The summed E-state index contributed by atoms with van der Waals surface area (Å²) in [5, 5.41) is 9.10. The van der Waals surface area contributed by atoms with Crippen LogP contribution in [0.4, 0.5) is 4.39 Å². The monoisotopic (exact) mass is 240 g/mol. The standard InChI is InChI=1S/C14H9FN2O/c15-12-5-3-10(4-6-12)13(8-16)14(18)11-2-1-7-17-9-11/h1-7,9,13H/t13-/m1/s1. The van der Waals surface area contributed by atoms with Crippen molar-refractivity contribution in [1.82, 2.24) is 4.98 Å². The first-order valence-corrected chi connectivity index (χ1v) is 5.31. The summed E-state index contributed by atoms with van der Waals surface area (Å²) in [4.78, 5) is 15.9. The van der Waals surface area contributed by atoms with Gasteiger partial charge in [-0.1, -0.05) is 12.1 Å². The Balaban J connectivity index is 2.33. The molecule has 0 radical (unpaired) electrons. The molecule has 3 nitrogen and oxygen atoms in total. The molecule has 2 aromatic rings. The maximum atomic E-state index is 12.8. The van der Waals surface area contributed by atoms with Crippen LogP contribution in [-0.2, 0) is 0 Å². The Morgan fingerprint density at radius 3 is 2.56 bits per heavy atom. The van der Waals surface area contributed by atoms with Crippen LogP contribution in [0.5, 0.6) is 0 Å². The number of halogens is 1. The summed E-state index contributed by atoms with van der Waals surface area (Å²) >= 11 is 0. The van der Waals surface area contributed by atoms with Gasteiger partial charge in [0.25, 0.3) is 0 Å². The third-order valence-corrected chi connectivity index (χ3v) is 2.54. The Bertz CT molecular complexity index is 587. The van der Waals surface area contributed by atoms with Crippen molar-refractivity contribution in [2.75, 3.05) is 0 Å². The predicted octanol–water partition coefficient (Wildman–Crippen LogP) is 2.71. The number of hydrogen-bond donors (Lipinski definition) is 0. The first-order chi connectivity index (χ1) is 8.72. The number of ketones is 1. The molecule has 0 saturated carbocycles. The topological polar surface area (TPSA) is 53.8 Å². The van der Waals surface area contributed by atoms with Crippen molar-refractivity contribution in [3.8, 4) is 6.07 Å². The molecular formula is C14H9FN2O. The van der Waals surface area contributed by atoms with Crippen LogP contribution in [0.3, 0.4) is 0 Å². The predicted molar refractivity (Wildman–Crippen MR) is 63.3 cm³/mol.